The highest BCUT2D eigenvalue weighted by atomic mass is 16.5. The van der Waals surface area contributed by atoms with Gasteiger partial charge in [-0.3, -0.25) is 9.59 Å². The monoisotopic (exact) mass is 562 g/mol. The van der Waals surface area contributed by atoms with Gasteiger partial charge >= 0.3 is 17.9 Å². The van der Waals surface area contributed by atoms with Crippen molar-refractivity contribution in [2.24, 2.45) is 11.8 Å². The van der Waals surface area contributed by atoms with Gasteiger partial charge in [0.25, 0.3) is 0 Å². The maximum absolute atomic E-state index is 12.7. The number of carbonyl (C=O) groups is 3. The first-order chi connectivity index (χ1) is 20.0. The zero-order valence-electron chi connectivity index (χ0n) is 24.6. The Morgan fingerprint density at radius 2 is 1.12 bits per heavy atom. The van der Waals surface area contributed by atoms with Gasteiger partial charge in [-0.15, -0.1) is 0 Å². The van der Waals surface area contributed by atoms with Crippen LogP contribution in [0.15, 0.2) is 61.2 Å². The van der Waals surface area contributed by atoms with Crippen LogP contribution in [0, 0.1) is 11.8 Å². The van der Waals surface area contributed by atoms with Crippen molar-refractivity contribution < 1.29 is 28.6 Å². The standard InChI is InChI=1S/C35H46O6/c1-3-5-6-9-12-27-14-22-31(23-15-27)40-34(37)29-18-20-30(21-19-29)35(38)41-32-24-16-28(17-25-32)13-10-7-8-11-26-39-33(36)4-2/h4,14-17,22-25,29-30H,2-3,5-13,18-21,26H2,1H3/t29-,30-. The summed E-state index contributed by atoms with van der Waals surface area (Å²) >= 11 is 0. The van der Waals surface area contributed by atoms with Gasteiger partial charge in [-0.2, -0.15) is 0 Å². The third kappa shape index (κ3) is 11.9. The van der Waals surface area contributed by atoms with Crippen LogP contribution < -0.4 is 9.47 Å². The Balaban J connectivity index is 1.31. The van der Waals surface area contributed by atoms with Gasteiger partial charge in [0.1, 0.15) is 11.5 Å². The molecule has 0 bridgehead atoms. The Morgan fingerprint density at radius 3 is 1.56 bits per heavy atom. The van der Waals surface area contributed by atoms with Gasteiger partial charge in [0, 0.05) is 6.08 Å². The lowest BCUT2D eigenvalue weighted by atomic mass is 9.82. The van der Waals surface area contributed by atoms with Crippen molar-refractivity contribution in [2.45, 2.75) is 96.8 Å². The molecule has 2 aromatic carbocycles. The molecule has 0 N–H and O–H groups in total. The molecule has 0 radical (unpaired) electrons. The van der Waals surface area contributed by atoms with E-state index < -0.39 is 0 Å². The summed E-state index contributed by atoms with van der Waals surface area (Å²) in [5.74, 6) is -0.0494. The highest BCUT2D eigenvalue weighted by Gasteiger charge is 2.32. The van der Waals surface area contributed by atoms with Crippen LogP contribution in [0.2, 0.25) is 0 Å². The van der Waals surface area contributed by atoms with E-state index in [0.717, 1.165) is 38.5 Å². The van der Waals surface area contributed by atoms with Gasteiger partial charge in [0.05, 0.1) is 18.4 Å². The molecule has 0 heterocycles. The first kappa shape index (κ1) is 32.1. The van der Waals surface area contributed by atoms with Crippen molar-refractivity contribution in [3.63, 3.8) is 0 Å². The lowest BCUT2D eigenvalue weighted by molar-refractivity contribution is -0.145. The zero-order valence-corrected chi connectivity index (χ0v) is 24.6. The van der Waals surface area contributed by atoms with E-state index in [1.807, 2.05) is 48.5 Å². The van der Waals surface area contributed by atoms with Crippen molar-refractivity contribution in [2.75, 3.05) is 6.61 Å². The summed E-state index contributed by atoms with van der Waals surface area (Å²) in [6, 6.07) is 15.6. The van der Waals surface area contributed by atoms with E-state index in [1.165, 1.54) is 42.9 Å². The third-order valence-corrected chi connectivity index (χ3v) is 7.77. The van der Waals surface area contributed by atoms with Crippen LogP contribution in [-0.2, 0) is 32.0 Å². The number of rotatable bonds is 17. The molecule has 0 unspecified atom stereocenters. The average Bonchev–Trinajstić information content (AvgIpc) is 3.00. The minimum Gasteiger partial charge on any atom is -0.463 e. The summed E-state index contributed by atoms with van der Waals surface area (Å²) in [6.45, 7) is 6.03. The minimum atomic E-state index is -0.372. The maximum atomic E-state index is 12.7. The Morgan fingerprint density at radius 1 is 0.683 bits per heavy atom. The third-order valence-electron chi connectivity index (χ3n) is 7.77. The number of carbonyl (C=O) groups excluding carboxylic acids is 3. The van der Waals surface area contributed by atoms with Gasteiger partial charge in [0.15, 0.2) is 0 Å². The van der Waals surface area contributed by atoms with Crippen LogP contribution in [0.25, 0.3) is 0 Å². The number of hydrogen-bond donors (Lipinski definition) is 0. The fourth-order valence-corrected chi connectivity index (χ4v) is 5.18. The number of hydrogen-bond acceptors (Lipinski definition) is 6. The first-order valence-corrected chi connectivity index (χ1v) is 15.4. The van der Waals surface area contributed by atoms with E-state index in [4.69, 9.17) is 14.2 Å². The molecular weight excluding hydrogens is 516 g/mol. The number of esters is 3. The molecule has 1 aliphatic carbocycles. The SMILES string of the molecule is C=CC(=O)OCCCCCCc1ccc(OC(=O)[C@H]2CC[C@H](C(=O)Oc3ccc(CCCCCC)cc3)CC2)cc1. The number of ether oxygens (including phenoxy) is 3. The molecule has 1 aliphatic rings. The molecule has 0 saturated heterocycles. The largest absolute Gasteiger partial charge is 0.463 e. The smallest absolute Gasteiger partial charge is 0.330 e. The Labute approximate surface area is 245 Å². The molecule has 6 nitrogen and oxygen atoms in total. The minimum absolute atomic E-state index is 0.186. The Hall–Kier alpha value is -3.41. The van der Waals surface area contributed by atoms with Crippen molar-refractivity contribution in [3.8, 4) is 11.5 Å². The number of unbranched alkanes of at least 4 members (excludes halogenated alkanes) is 6. The summed E-state index contributed by atoms with van der Waals surface area (Å²) in [5, 5.41) is 0. The summed E-state index contributed by atoms with van der Waals surface area (Å²) in [7, 11) is 0. The number of aryl methyl sites for hydroxylation is 2. The van der Waals surface area contributed by atoms with E-state index in [2.05, 4.69) is 13.5 Å². The van der Waals surface area contributed by atoms with Crippen LogP contribution in [0.5, 0.6) is 11.5 Å². The Bertz CT molecular complexity index is 1080. The molecule has 0 aliphatic heterocycles. The van der Waals surface area contributed by atoms with Crippen molar-refractivity contribution in [1.82, 2.24) is 0 Å². The molecule has 0 atom stereocenters. The molecule has 0 aromatic heterocycles. The molecule has 1 saturated carbocycles. The fraction of sp³-hybridized carbons (Fsp3) is 0.514. The quantitative estimate of drug-likeness (QED) is 0.0842. The average molecular weight is 563 g/mol. The molecule has 3 rings (SSSR count). The zero-order chi connectivity index (χ0) is 29.3. The van der Waals surface area contributed by atoms with Gasteiger partial charge in [-0.05, 0) is 93.2 Å². The van der Waals surface area contributed by atoms with E-state index in [1.54, 1.807) is 0 Å². The van der Waals surface area contributed by atoms with Gasteiger partial charge < -0.3 is 14.2 Å². The van der Waals surface area contributed by atoms with E-state index in [0.29, 0.717) is 43.8 Å². The van der Waals surface area contributed by atoms with E-state index in [9.17, 15) is 14.4 Å². The topological polar surface area (TPSA) is 78.9 Å². The molecule has 0 amide bonds. The maximum Gasteiger partial charge on any atom is 0.330 e. The highest BCUT2D eigenvalue weighted by Crippen LogP contribution is 2.31. The summed E-state index contributed by atoms with van der Waals surface area (Å²) in [6.07, 6.45) is 14.6. The second-order valence-corrected chi connectivity index (χ2v) is 11.0. The molecule has 0 spiro atoms. The summed E-state index contributed by atoms with van der Waals surface area (Å²) in [5.41, 5.74) is 2.47. The molecular formula is C35H46O6. The summed E-state index contributed by atoms with van der Waals surface area (Å²) < 4.78 is 16.3. The predicted molar refractivity (Wildman–Crippen MR) is 161 cm³/mol. The lowest BCUT2D eigenvalue weighted by Crippen LogP contribution is -2.30. The van der Waals surface area contributed by atoms with Gasteiger partial charge in [-0.25, -0.2) is 4.79 Å². The van der Waals surface area contributed by atoms with E-state index in [-0.39, 0.29) is 29.7 Å². The van der Waals surface area contributed by atoms with Crippen LogP contribution in [0.4, 0.5) is 0 Å². The molecule has 222 valence electrons. The lowest BCUT2D eigenvalue weighted by Gasteiger charge is -2.25. The summed E-state index contributed by atoms with van der Waals surface area (Å²) in [4.78, 5) is 36.5. The fourth-order valence-electron chi connectivity index (χ4n) is 5.18. The first-order valence-electron chi connectivity index (χ1n) is 15.4. The normalized spacial score (nSPS) is 16.5. The van der Waals surface area contributed by atoms with Crippen molar-refractivity contribution in [1.29, 1.82) is 0 Å². The van der Waals surface area contributed by atoms with Crippen molar-refractivity contribution >= 4 is 17.9 Å². The van der Waals surface area contributed by atoms with Crippen LogP contribution in [0.1, 0.15) is 95.1 Å². The van der Waals surface area contributed by atoms with Gasteiger partial charge in [-0.1, -0.05) is 69.9 Å². The molecule has 2 aromatic rings. The second kappa shape index (κ2) is 18.1. The van der Waals surface area contributed by atoms with Crippen molar-refractivity contribution in [3.05, 3.63) is 72.3 Å². The molecule has 6 heteroatoms. The van der Waals surface area contributed by atoms with Crippen LogP contribution >= 0.6 is 0 Å². The second-order valence-electron chi connectivity index (χ2n) is 11.0. The highest BCUT2D eigenvalue weighted by molar-refractivity contribution is 5.81. The Kier molecular flexibility index (Phi) is 14.2. The predicted octanol–water partition coefficient (Wildman–Crippen LogP) is 7.96. The van der Waals surface area contributed by atoms with Crippen LogP contribution in [0.3, 0.4) is 0 Å². The van der Waals surface area contributed by atoms with Gasteiger partial charge in [0.2, 0.25) is 0 Å². The molecule has 41 heavy (non-hydrogen) atoms. The van der Waals surface area contributed by atoms with Crippen LogP contribution in [-0.4, -0.2) is 24.5 Å². The number of benzene rings is 2. The van der Waals surface area contributed by atoms with E-state index >= 15 is 0 Å². The molecule has 1 fully saturated rings.